The molecule has 0 spiro atoms. The molecule has 2 atom stereocenters. The fraction of sp³-hybridized carbons (Fsp3) is 0.600. The second kappa shape index (κ2) is 6.21. The van der Waals surface area contributed by atoms with Crippen LogP contribution in [-0.2, 0) is 0 Å². The zero-order chi connectivity index (χ0) is 14.7. The van der Waals surface area contributed by atoms with Gasteiger partial charge < -0.3 is 10.0 Å². The van der Waals surface area contributed by atoms with Crippen LogP contribution in [0.15, 0.2) is 12.1 Å². The molecule has 1 aliphatic heterocycles. The Morgan fingerprint density at radius 3 is 2.85 bits per heavy atom. The zero-order valence-corrected chi connectivity index (χ0v) is 12.4. The summed E-state index contributed by atoms with van der Waals surface area (Å²) in [6.45, 7) is 9.24. The van der Waals surface area contributed by atoms with Crippen LogP contribution < -0.4 is 4.90 Å². The minimum Gasteiger partial charge on any atom is -0.392 e. The predicted octanol–water partition coefficient (Wildman–Crippen LogP) is 1.15. The highest BCUT2D eigenvalue weighted by atomic mass is 16.3. The van der Waals surface area contributed by atoms with Gasteiger partial charge in [-0.15, -0.1) is 0 Å². The van der Waals surface area contributed by atoms with Crippen LogP contribution in [0, 0.1) is 18.3 Å². The van der Waals surface area contributed by atoms with Crippen LogP contribution in [0.25, 0.3) is 0 Å². The first-order valence-electron chi connectivity index (χ1n) is 7.06. The molecule has 0 radical (unpaired) electrons. The zero-order valence-electron chi connectivity index (χ0n) is 12.4. The van der Waals surface area contributed by atoms with E-state index in [0.717, 1.165) is 31.0 Å². The Labute approximate surface area is 120 Å². The topological polar surface area (TPSA) is 63.4 Å². The Kier molecular flexibility index (Phi) is 4.58. The number of pyridine rings is 1. The van der Waals surface area contributed by atoms with Crippen molar-refractivity contribution in [2.75, 3.05) is 31.1 Å². The summed E-state index contributed by atoms with van der Waals surface area (Å²) in [7, 11) is 0. The van der Waals surface area contributed by atoms with Crippen molar-refractivity contribution in [3.05, 3.63) is 23.4 Å². The Bertz CT molecular complexity index is 509. The van der Waals surface area contributed by atoms with Crippen molar-refractivity contribution in [1.29, 1.82) is 5.26 Å². The van der Waals surface area contributed by atoms with Gasteiger partial charge in [0.1, 0.15) is 17.6 Å². The van der Waals surface area contributed by atoms with Crippen molar-refractivity contribution in [1.82, 2.24) is 9.88 Å². The Morgan fingerprint density at radius 1 is 1.50 bits per heavy atom. The Hall–Kier alpha value is -1.64. The molecular weight excluding hydrogens is 252 g/mol. The first-order valence-corrected chi connectivity index (χ1v) is 7.06. The molecule has 0 amide bonds. The van der Waals surface area contributed by atoms with Gasteiger partial charge in [-0.05, 0) is 32.4 Å². The predicted molar refractivity (Wildman–Crippen MR) is 78.6 cm³/mol. The lowest BCUT2D eigenvalue weighted by Crippen LogP contribution is -2.53. The van der Waals surface area contributed by atoms with E-state index >= 15 is 0 Å². The monoisotopic (exact) mass is 274 g/mol. The number of nitriles is 1. The number of anilines is 1. The maximum atomic E-state index is 9.50. The van der Waals surface area contributed by atoms with Crippen LogP contribution in [0.1, 0.15) is 25.1 Å². The number of aromatic nitrogens is 1. The summed E-state index contributed by atoms with van der Waals surface area (Å²) in [5, 5.41) is 18.6. The number of hydrogen-bond acceptors (Lipinski definition) is 5. The summed E-state index contributed by atoms with van der Waals surface area (Å²) in [4.78, 5) is 8.94. The summed E-state index contributed by atoms with van der Waals surface area (Å²) in [5.74, 6) is 0.871. The highest BCUT2D eigenvalue weighted by Crippen LogP contribution is 2.19. The van der Waals surface area contributed by atoms with Gasteiger partial charge in [0, 0.05) is 32.2 Å². The number of β-amino-alcohol motifs (C(OH)–C–C–N with tert-alkyl or cyclic N) is 1. The van der Waals surface area contributed by atoms with Crippen molar-refractivity contribution in [3.63, 3.8) is 0 Å². The smallest absolute Gasteiger partial charge is 0.145 e. The second-order valence-corrected chi connectivity index (χ2v) is 5.59. The van der Waals surface area contributed by atoms with Gasteiger partial charge in [-0.3, -0.25) is 4.90 Å². The number of nitrogens with zero attached hydrogens (tertiary/aromatic N) is 4. The number of piperazine rings is 1. The van der Waals surface area contributed by atoms with E-state index in [0.29, 0.717) is 18.3 Å². The quantitative estimate of drug-likeness (QED) is 0.896. The molecular formula is C15H22N4O. The normalized spacial score (nSPS) is 21.6. The lowest BCUT2D eigenvalue weighted by molar-refractivity contribution is 0.0959. The van der Waals surface area contributed by atoms with Crippen LogP contribution in [0.4, 0.5) is 5.82 Å². The molecule has 2 unspecified atom stereocenters. The molecule has 2 heterocycles. The maximum Gasteiger partial charge on any atom is 0.145 e. The van der Waals surface area contributed by atoms with E-state index in [1.807, 2.05) is 26.0 Å². The van der Waals surface area contributed by atoms with Gasteiger partial charge in [0.15, 0.2) is 0 Å². The summed E-state index contributed by atoms with van der Waals surface area (Å²) in [6, 6.07) is 6.44. The number of hydrogen-bond donors (Lipinski definition) is 1. The molecule has 1 aromatic heterocycles. The van der Waals surface area contributed by atoms with Gasteiger partial charge in [0.2, 0.25) is 0 Å². The third kappa shape index (κ3) is 3.27. The molecule has 2 rings (SSSR count). The number of aliphatic hydroxyl groups excluding tert-OH is 1. The van der Waals surface area contributed by atoms with Gasteiger partial charge in [-0.2, -0.15) is 5.26 Å². The summed E-state index contributed by atoms with van der Waals surface area (Å²) >= 11 is 0. The summed E-state index contributed by atoms with van der Waals surface area (Å²) < 4.78 is 0. The van der Waals surface area contributed by atoms with Crippen LogP contribution in [-0.4, -0.2) is 53.3 Å². The van der Waals surface area contributed by atoms with E-state index in [1.54, 1.807) is 0 Å². The van der Waals surface area contributed by atoms with Crippen molar-refractivity contribution < 1.29 is 5.11 Å². The van der Waals surface area contributed by atoms with Crippen molar-refractivity contribution in [2.24, 2.45) is 0 Å². The molecule has 1 N–H and O–H groups in total. The molecule has 1 aromatic rings. The van der Waals surface area contributed by atoms with Crippen LogP contribution in [0.2, 0.25) is 0 Å². The van der Waals surface area contributed by atoms with Crippen molar-refractivity contribution in [2.45, 2.75) is 32.9 Å². The average Bonchev–Trinajstić information content (AvgIpc) is 2.41. The molecule has 1 aliphatic rings. The lowest BCUT2D eigenvalue weighted by Gasteiger charge is -2.41. The average molecular weight is 274 g/mol. The summed E-state index contributed by atoms with van der Waals surface area (Å²) in [6.07, 6.45) is -0.299. The minimum absolute atomic E-state index is 0.299. The molecule has 5 heteroatoms. The van der Waals surface area contributed by atoms with Crippen molar-refractivity contribution >= 4 is 5.82 Å². The molecule has 1 saturated heterocycles. The Balaban J connectivity index is 2.08. The lowest BCUT2D eigenvalue weighted by atomic mass is 10.1. The first kappa shape index (κ1) is 14.8. The van der Waals surface area contributed by atoms with Crippen molar-refractivity contribution in [3.8, 4) is 6.07 Å². The van der Waals surface area contributed by atoms with E-state index in [-0.39, 0.29) is 6.10 Å². The third-order valence-electron chi connectivity index (χ3n) is 3.78. The number of aliphatic hydroxyl groups is 1. The molecule has 0 bridgehead atoms. The van der Waals surface area contributed by atoms with Gasteiger partial charge in [-0.25, -0.2) is 4.98 Å². The maximum absolute atomic E-state index is 9.50. The van der Waals surface area contributed by atoms with E-state index in [2.05, 4.69) is 27.8 Å². The molecule has 0 aromatic carbocycles. The molecule has 1 fully saturated rings. The standard InChI is InChI=1S/C15H22N4O/c1-11-4-5-15(17-14(11)8-16)19-7-6-18(10-13(3)20)12(2)9-19/h4-5,12-13,20H,6-7,9-10H2,1-3H3. The molecule has 0 aliphatic carbocycles. The Morgan fingerprint density at radius 2 is 2.25 bits per heavy atom. The van der Waals surface area contributed by atoms with Gasteiger partial charge in [0.25, 0.3) is 0 Å². The van der Waals surface area contributed by atoms with Crippen LogP contribution >= 0.6 is 0 Å². The molecule has 108 valence electrons. The molecule has 0 saturated carbocycles. The fourth-order valence-electron chi connectivity index (χ4n) is 2.62. The minimum atomic E-state index is -0.299. The second-order valence-electron chi connectivity index (χ2n) is 5.59. The first-order chi connectivity index (χ1) is 9.51. The number of rotatable bonds is 3. The van der Waals surface area contributed by atoms with E-state index in [9.17, 15) is 5.11 Å². The van der Waals surface area contributed by atoms with Crippen LogP contribution in [0.3, 0.4) is 0 Å². The molecule has 5 nitrogen and oxygen atoms in total. The van der Waals surface area contributed by atoms with Gasteiger partial charge in [-0.1, -0.05) is 6.07 Å². The third-order valence-corrected chi connectivity index (χ3v) is 3.78. The molecule has 20 heavy (non-hydrogen) atoms. The van der Waals surface area contributed by atoms with Gasteiger partial charge in [0.05, 0.1) is 6.10 Å². The van der Waals surface area contributed by atoms with E-state index in [1.165, 1.54) is 0 Å². The highest BCUT2D eigenvalue weighted by molar-refractivity contribution is 5.45. The SMILES string of the molecule is Cc1ccc(N2CCN(CC(C)O)C(C)C2)nc1C#N. The summed E-state index contributed by atoms with van der Waals surface area (Å²) in [5.41, 5.74) is 1.42. The van der Waals surface area contributed by atoms with E-state index < -0.39 is 0 Å². The highest BCUT2D eigenvalue weighted by Gasteiger charge is 2.25. The number of aryl methyl sites for hydroxylation is 1. The van der Waals surface area contributed by atoms with E-state index in [4.69, 9.17) is 5.26 Å². The van der Waals surface area contributed by atoms with Gasteiger partial charge >= 0.3 is 0 Å². The largest absolute Gasteiger partial charge is 0.392 e. The fourth-order valence-corrected chi connectivity index (χ4v) is 2.62. The van der Waals surface area contributed by atoms with Crippen LogP contribution in [0.5, 0.6) is 0 Å².